The Labute approximate surface area is 87.9 Å². The van der Waals surface area contributed by atoms with Crippen molar-refractivity contribution in [2.45, 2.75) is 18.9 Å². The van der Waals surface area contributed by atoms with Gasteiger partial charge in [0.1, 0.15) is 5.78 Å². The predicted octanol–water partition coefficient (Wildman–Crippen LogP) is 0.479. The number of aromatic nitrogens is 2. The lowest BCUT2D eigenvalue weighted by Crippen LogP contribution is -2.31. The Balaban J connectivity index is 2.11. The molecule has 2 heterocycles. The highest BCUT2D eigenvalue weighted by atomic mass is 16.5. The van der Waals surface area contributed by atoms with Crippen LogP contribution in [0.5, 0.6) is 6.01 Å². The summed E-state index contributed by atoms with van der Waals surface area (Å²) in [6.45, 7) is 0.732. The van der Waals surface area contributed by atoms with Crippen LogP contribution in [-0.4, -0.2) is 29.4 Å². The highest BCUT2D eigenvalue weighted by Gasteiger charge is 2.20. The van der Waals surface area contributed by atoms with Gasteiger partial charge in [-0.1, -0.05) is 0 Å². The molecule has 1 aliphatic heterocycles. The summed E-state index contributed by atoms with van der Waals surface area (Å²) >= 11 is 0. The third-order valence-corrected chi connectivity index (χ3v) is 2.46. The molecule has 1 aliphatic rings. The van der Waals surface area contributed by atoms with Gasteiger partial charge in [0, 0.05) is 43.4 Å². The van der Waals surface area contributed by atoms with Gasteiger partial charge >= 0.3 is 6.01 Å². The van der Waals surface area contributed by atoms with Crippen LogP contribution >= 0.6 is 0 Å². The Morgan fingerprint density at radius 3 is 2.80 bits per heavy atom. The van der Waals surface area contributed by atoms with E-state index in [1.807, 2.05) is 0 Å². The monoisotopic (exact) mass is 207 g/mol. The van der Waals surface area contributed by atoms with E-state index in [2.05, 4.69) is 15.3 Å². The third kappa shape index (κ3) is 2.30. The highest BCUT2D eigenvalue weighted by molar-refractivity contribution is 5.80. The molecule has 15 heavy (non-hydrogen) atoms. The van der Waals surface area contributed by atoms with E-state index in [9.17, 15) is 4.79 Å². The molecule has 1 N–H and O–H groups in total. The smallest absolute Gasteiger partial charge is 0.316 e. The van der Waals surface area contributed by atoms with Crippen LogP contribution in [0, 0.1) is 0 Å². The maximum atomic E-state index is 11.3. The summed E-state index contributed by atoms with van der Waals surface area (Å²) in [5.74, 6) is 0.287. The number of nitrogens with one attached hydrogen (secondary N) is 1. The molecule has 1 aromatic heterocycles. The minimum atomic E-state index is 0.0529. The molecule has 1 aromatic rings. The molecular formula is C10H13N3O2. The number of rotatable bonds is 2. The molecule has 1 saturated heterocycles. The van der Waals surface area contributed by atoms with Crippen LogP contribution in [-0.2, 0) is 4.79 Å². The van der Waals surface area contributed by atoms with E-state index in [0.29, 0.717) is 18.9 Å². The second kappa shape index (κ2) is 4.35. The van der Waals surface area contributed by atoms with Gasteiger partial charge < -0.3 is 10.1 Å². The lowest BCUT2D eigenvalue weighted by atomic mass is 9.99. The molecule has 0 bridgehead atoms. The van der Waals surface area contributed by atoms with Crippen molar-refractivity contribution in [2.24, 2.45) is 0 Å². The number of hydrogen-bond acceptors (Lipinski definition) is 5. The second-order valence-corrected chi connectivity index (χ2v) is 3.50. The number of ether oxygens (including phenoxy) is 1. The molecule has 1 fully saturated rings. The topological polar surface area (TPSA) is 64.1 Å². The Morgan fingerprint density at radius 1 is 1.47 bits per heavy atom. The average molecular weight is 207 g/mol. The largest absolute Gasteiger partial charge is 0.467 e. The Morgan fingerprint density at radius 2 is 2.20 bits per heavy atom. The molecular weight excluding hydrogens is 194 g/mol. The Hall–Kier alpha value is -1.49. The van der Waals surface area contributed by atoms with Crippen molar-refractivity contribution in [3.05, 3.63) is 18.0 Å². The number of carbonyl (C=O) groups is 1. The first-order valence-electron chi connectivity index (χ1n) is 4.90. The number of nitrogens with zero attached hydrogens (tertiary/aromatic N) is 2. The van der Waals surface area contributed by atoms with Gasteiger partial charge in [0.15, 0.2) is 0 Å². The number of ketones is 1. The number of Topliss-reactive ketones (excluding diaryl/α,β-unsaturated/α-hetero) is 1. The first-order valence-corrected chi connectivity index (χ1v) is 4.90. The zero-order valence-corrected chi connectivity index (χ0v) is 8.56. The summed E-state index contributed by atoms with van der Waals surface area (Å²) in [6.07, 6.45) is 4.54. The molecule has 5 heteroatoms. The first kappa shape index (κ1) is 10.0. The zero-order valence-electron chi connectivity index (χ0n) is 8.56. The van der Waals surface area contributed by atoms with Crippen molar-refractivity contribution < 1.29 is 9.53 Å². The van der Waals surface area contributed by atoms with Crippen LogP contribution in [0.1, 0.15) is 24.4 Å². The van der Waals surface area contributed by atoms with Gasteiger partial charge in [-0.2, -0.15) is 0 Å². The van der Waals surface area contributed by atoms with Gasteiger partial charge in [-0.05, 0) is 0 Å². The highest BCUT2D eigenvalue weighted by Crippen LogP contribution is 2.20. The summed E-state index contributed by atoms with van der Waals surface area (Å²) in [5, 5.41) is 3.26. The second-order valence-electron chi connectivity index (χ2n) is 3.50. The lowest BCUT2D eigenvalue weighted by Gasteiger charge is -2.22. The summed E-state index contributed by atoms with van der Waals surface area (Å²) in [5.41, 5.74) is 0.934. The molecule has 80 valence electrons. The molecule has 0 amide bonds. The van der Waals surface area contributed by atoms with Crippen LogP contribution in [0.25, 0.3) is 0 Å². The van der Waals surface area contributed by atoms with Crippen LogP contribution in [0.3, 0.4) is 0 Å². The molecule has 0 aliphatic carbocycles. The van der Waals surface area contributed by atoms with Crippen LogP contribution < -0.4 is 10.1 Å². The Bertz CT molecular complexity index is 350. The summed E-state index contributed by atoms with van der Waals surface area (Å²) in [6, 6.07) is 0.401. The van der Waals surface area contributed by atoms with Gasteiger partial charge in [-0.3, -0.25) is 4.79 Å². The predicted molar refractivity (Wildman–Crippen MR) is 53.6 cm³/mol. The number of hydrogen-bond donors (Lipinski definition) is 1. The van der Waals surface area contributed by atoms with Crippen LogP contribution in [0.4, 0.5) is 0 Å². The van der Waals surface area contributed by atoms with Gasteiger partial charge in [0.25, 0.3) is 0 Å². The van der Waals surface area contributed by atoms with Gasteiger partial charge in [0.2, 0.25) is 0 Å². The van der Waals surface area contributed by atoms with E-state index in [1.165, 1.54) is 7.11 Å². The molecule has 1 atom stereocenters. The molecule has 0 aromatic carbocycles. The summed E-state index contributed by atoms with van der Waals surface area (Å²) in [4.78, 5) is 19.3. The van der Waals surface area contributed by atoms with Crippen molar-refractivity contribution in [3.63, 3.8) is 0 Å². The van der Waals surface area contributed by atoms with E-state index in [0.717, 1.165) is 12.1 Å². The van der Waals surface area contributed by atoms with Crippen LogP contribution in [0.2, 0.25) is 0 Å². The minimum absolute atomic E-state index is 0.0529. The SMILES string of the molecule is COc1ncc(C2CC(=O)CCN2)cn1. The quantitative estimate of drug-likeness (QED) is 0.764. The van der Waals surface area contributed by atoms with Crippen LogP contribution in [0.15, 0.2) is 12.4 Å². The number of carbonyl (C=O) groups excluding carboxylic acids is 1. The molecule has 0 saturated carbocycles. The van der Waals surface area contributed by atoms with Crippen molar-refractivity contribution in [1.82, 2.24) is 15.3 Å². The normalized spacial score (nSPS) is 21.4. The van der Waals surface area contributed by atoms with Gasteiger partial charge in [-0.15, -0.1) is 0 Å². The summed E-state index contributed by atoms with van der Waals surface area (Å²) < 4.78 is 4.87. The average Bonchev–Trinajstić information content (AvgIpc) is 2.29. The van der Waals surface area contributed by atoms with Crippen molar-refractivity contribution in [3.8, 4) is 6.01 Å². The van der Waals surface area contributed by atoms with Crippen molar-refractivity contribution >= 4 is 5.78 Å². The zero-order chi connectivity index (χ0) is 10.7. The van der Waals surface area contributed by atoms with Gasteiger partial charge in [-0.25, -0.2) is 9.97 Å². The fraction of sp³-hybridized carbons (Fsp3) is 0.500. The third-order valence-electron chi connectivity index (χ3n) is 2.46. The van der Waals surface area contributed by atoms with Crippen molar-refractivity contribution in [1.29, 1.82) is 0 Å². The van der Waals surface area contributed by atoms with E-state index in [4.69, 9.17) is 4.74 Å². The molecule has 5 nitrogen and oxygen atoms in total. The van der Waals surface area contributed by atoms with E-state index < -0.39 is 0 Å². The standard InChI is InChI=1S/C10H13N3O2/c1-15-10-12-5-7(6-13-10)9-4-8(14)2-3-11-9/h5-6,9,11H,2-4H2,1H3. The number of methoxy groups -OCH3 is 1. The minimum Gasteiger partial charge on any atom is -0.467 e. The maximum Gasteiger partial charge on any atom is 0.316 e. The van der Waals surface area contributed by atoms with E-state index >= 15 is 0 Å². The lowest BCUT2D eigenvalue weighted by molar-refractivity contribution is -0.120. The van der Waals surface area contributed by atoms with E-state index in [1.54, 1.807) is 12.4 Å². The van der Waals surface area contributed by atoms with Crippen molar-refractivity contribution in [2.75, 3.05) is 13.7 Å². The summed E-state index contributed by atoms with van der Waals surface area (Å²) in [7, 11) is 1.53. The molecule has 0 spiro atoms. The first-order chi connectivity index (χ1) is 7.29. The Kier molecular flexibility index (Phi) is 2.91. The fourth-order valence-corrected chi connectivity index (χ4v) is 1.63. The fourth-order valence-electron chi connectivity index (χ4n) is 1.63. The van der Waals surface area contributed by atoms with Gasteiger partial charge in [0.05, 0.1) is 7.11 Å². The molecule has 1 unspecified atom stereocenters. The maximum absolute atomic E-state index is 11.3. The number of piperidine rings is 1. The molecule has 0 radical (unpaired) electrons. The van der Waals surface area contributed by atoms with E-state index in [-0.39, 0.29) is 11.8 Å². The molecule has 2 rings (SSSR count).